The van der Waals surface area contributed by atoms with Gasteiger partial charge < -0.3 is 9.84 Å². The van der Waals surface area contributed by atoms with Gasteiger partial charge in [-0.25, -0.2) is 4.39 Å². The minimum absolute atomic E-state index is 0.163. The third-order valence-electron chi connectivity index (χ3n) is 1.33. The highest BCUT2D eigenvalue weighted by molar-refractivity contribution is 9.10. The van der Waals surface area contributed by atoms with E-state index in [1.165, 1.54) is 12.1 Å². The van der Waals surface area contributed by atoms with Gasteiger partial charge in [0.25, 0.3) is 0 Å². The lowest BCUT2D eigenvalue weighted by Gasteiger charge is -2.08. The molecule has 13 heavy (non-hydrogen) atoms. The fourth-order valence-electron chi connectivity index (χ4n) is 0.829. The van der Waals surface area contributed by atoms with Gasteiger partial charge in [0.05, 0.1) is 6.10 Å². The molecular weight excluding hydrogens is 239 g/mol. The standard InChI is InChI=1S/C9H10BrFO2/c1-6(12)5-13-9-3-7(10)2-8(11)4-9/h2-4,6,12H,5H2,1H3/t6-/m0/s1. The van der Waals surface area contributed by atoms with Crippen molar-refractivity contribution >= 4 is 15.9 Å². The molecule has 0 aliphatic heterocycles. The Kier molecular flexibility index (Phi) is 3.69. The number of aliphatic hydroxyl groups excluding tert-OH is 1. The fraction of sp³-hybridized carbons (Fsp3) is 0.333. The molecule has 0 heterocycles. The summed E-state index contributed by atoms with van der Waals surface area (Å²) in [6.07, 6.45) is -0.554. The van der Waals surface area contributed by atoms with Gasteiger partial charge in [0, 0.05) is 10.5 Å². The van der Waals surface area contributed by atoms with Gasteiger partial charge in [-0.05, 0) is 19.1 Å². The van der Waals surface area contributed by atoms with Crippen molar-refractivity contribution in [3.05, 3.63) is 28.5 Å². The van der Waals surface area contributed by atoms with Crippen LogP contribution in [-0.2, 0) is 0 Å². The maximum Gasteiger partial charge on any atom is 0.128 e. The van der Waals surface area contributed by atoms with Crippen LogP contribution >= 0.6 is 15.9 Å². The summed E-state index contributed by atoms with van der Waals surface area (Å²) in [5.74, 6) is 0.0442. The Morgan fingerprint density at radius 3 is 2.77 bits per heavy atom. The van der Waals surface area contributed by atoms with Crippen molar-refractivity contribution in [1.82, 2.24) is 0 Å². The van der Waals surface area contributed by atoms with Gasteiger partial charge in [0.15, 0.2) is 0 Å². The zero-order chi connectivity index (χ0) is 9.84. The highest BCUT2D eigenvalue weighted by Gasteiger charge is 2.01. The van der Waals surface area contributed by atoms with E-state index in [-0.39, 0.29) is 12.4 Å². The monoisotopic (exact) mass is 248 g/mol. The Bertz CT molecular complexity index is 269. The minimum Gasteiger partial charge on any atom is -0.491 e. The van der Waals surface area contributed by atoms with Crippen LogP contribution in [0.3, 0.4) is 0 Å². The first-order valence-electron chi connectivity index (χ1n) is 3.85. The molecule has 0 radical (unpaired) electrons. The summed E-state index contributed by atoms with van der Waals surface area (Å²) in [4.78, 5) is 0. The van der Waals surface area contributed by atoms with Crippen molar-refractivity contribution in [2.24, 2.45) is 0 Å². The summed E-state index contributed by atoms with van der Waals surface area (Å²) in [6, 6.07) is 4.26. The summed E-state index contributed by atoms with van der Waals surface area (Å²) in [6.45, 7) is 1.77. The zero-order valence-electron chi connectivity index (χ0n) is 7.13. The van der Waals surface area contributed by atoms with Crippen LogP contribution in [0.1, 0.15) is 6.92 Å². The molecule has 0 unspecified atom stereocenters. The molecule has 0 aliphatic rings. The smallest absolute Gasteiger partial charge is 0.128 e. The molecule has 2 nitrogen and oxygen atoms in total. The normalized spacial score (nSPS) is 12.6. The summed E-state index contributed by atoms with van der Waals surface area (Å²) in [7, 11) is 0. The molecule has 1 N–H and O–H groups in total. The number of benzene rings is 1. The van der Waals surface area contributed by atoms with E-state index in [1.807, 2.05) is 0 Å². The molecular formula is C9H10BrFO2. The van der Waals surface area contributed by atoms with Gasteiger partial charge in [-0.15, -0.1) is 0 Å². The Hall–Kier alpha value is -0.610. The van der Waals surface area contributed by atoms with Gasteiger partial charge in [-0.1, -0.05) is 15.9 Å². The zero-order valence-corrected chi connectivity index (χ0v) is 8.71. The molecule has 4 heteroatoms. The summed E-state index contributed by atoms with van der Waals surface area (Å²) in [5.41, 5.74) is 0. The van der Waals surface area contributed by atoms with E-state index in [2.05, 4.69) is 15.9 Å². The van der Waals surface area contributed by atoms with Crippen LogP contribution in [0.4, 0.5) is 4.39 Å². The lowest BCUT2D eigenvalue weighted by atomic mass is 10.3. The molecule has 72 valence electrons. The molecule has 0 aliphatic carbocycles. The van der Waals surface area contributed by atoms with E-state index in [9.17, 15) is 4.39 Å². The van der Waals surface area contributed by atoms with Crippen molar-refractivity contribution in [3.8, 4) is 5.75 Å². The predicted molar refractivity (Wildman–Crippen MR) is 51.3 cm³/mol. The second-order valence-electron chi connectivity index (χ2n) is 2.77. The SMILES string of the molecule is C[C@H](O)COc1cc(F)cc(Br)c1. The highest BCUT2D eigenvalue weighted by Crippen LogP contribution is 2.20. The van der Waals surface area contributed by atoms with Crippen molar-refractivity contribution in [1.29, 1.82) is 0 Å². The summed E-state index contributed by atoms with van der Waals surface area (Å²) < 4.78 is 18.5. The maximum atomic E-state index is 12.8. The maximum absolute atomic E-state index is 12.8. The summed E-state index contributed by atoms with van der Waals surface area (Å²) >= 11 is 3.14. The number of hydrogen-bond donors (Lipinski definition) is 1. The first-order valence-corrected chi connectivity index (χ1v) is 4.64. The van der Waals surface area contributed by atoms with Crippen molar-refractivity contribution in [2.75, 3.05) is 6.61 Å². The van der Waals surface area contributed by atoms with Gasteiger partial charge in [-0.2, -0.15) is 0 Å². The van der Waals surface area contributed by atoms with Gasteiger partial charge >= 0.3 is 0 Å². The molecule has 0 saturated carbocycles. The van der Waals surface area contributed by atoms with Crippen LogP contribution in [0.2, 0.25) is 0 Å². The van der Waals surface area contributed by atoms with E-state index in [0.29, 0.717) is 10.2 Å². The van der Waals surface area contributed by atoms with Crippen molar-refractivity contribution in [3.63, 3.8) is 0 Å². The highest BCUT2D eigenvalue weighted by atomic mass is 79.9. The van der Waals surface area contributed by atoms with Crippen LogP contribution in [0.25, 0.3) is 0 Å². The molecule has 0 aromatic heterocycles. The third-order valence-corrected chi connectivity index (χ3v) is 1.79. The van der Waals surface area contributed by atoms with Gasteiger partial charge in [0.2, 0.25) is 0 Å². The minimum atomic E-state index is -0.554. The Morgan fingerprint density at radius 1 is 1.54 bits per heavy atom. The molecule has 1 rings (SSSR count). The van der Waals surface area contributed by atoms with Gasteiger partial charge in [-0.3, -0.25) is 0 Å². The second-order valence-corrected chi connectivity index (χ2v) is 3.68. The van der Waals surface area contributed by atoms with E-state index in [0.717, 1.165) is 0 Å². The average molecular weight is 249 g/mol. The summed E-state index contributed by atoms with van der Waals surface area (Å²) in [5, 5.41) is 8.92. The van der Waals surface area contributed by atoms with E-state index in [1.54, 1.807) is 13.0 Å². The number of rotatable bonds is 3. The lowest BCUT2D eigenvalue weighted by Crippen LogP contribution is -2.12. The van der Waals surface area contributed by atoms with Crippen LogP contribution in [-0.4, -0.2) is 17.8 Å². The average Bonchev–Trinajstić information content (AvgIpc) is 1.99. The number of hydrogen-bond acceptors (Lipinski definition) is 2. The van der Waals surface area contributed by atoms with Crippen LogP contribution < -0.4 is 4.74 Å². The first kappa shape index (κ1) is 10.5. The Morgan fingerprint density at radius 2 is 2.23 bits per heavy atom. The number of halogens is 2. The third kappa shape index (κ3) is 3.74. The molecule has 1 atom stereocenters. The first-order chi connectivity index (χ1) is 6.08. The molecule has 0 spiro atoms. The van der Waals surface area contributed by atoms with Crippen LogP contribution in [0.5, 0.6) is 5.75 Å². The van der Waals surface area contributed by atoms with Gasteiger partial charge in [0.1, 0.15) is 18.2 Å². The van der Waals surface area contributed by atoms with E-state index >= 15 is 0 Å². The van der Waals surface area contributed by atoms with E-state index in [4.69, 9.17) is 9.84 Å². The topological polar surface area (TPSA) is 29.5 Å². The van der Waals surface area contributed by atoms with Crippen molar-refractivity contribution in [2.45, 2.75) is 13.0 Å². The second kappa shape index (κ2) is 4.58. The molecule has 0 bridgehead atoms. The van der Waals surface area contributed by atoms with Crippen LogP contribution in [0, 0.1) is 5.82 Å². The molecule has 1 aromatic carbocycles. The predicted octanol–water partition coefficient (Wildman–Crippen LogP) is 2.35. The molecule has 0 saturated heterocycles. The number of aliphatic hydroxyl groups is 1. The molecule has 0 amide bonds. The Labute approximate surface area is 84.5 Å². The largest absolute Gasteiger partial charge is 0.491 e. The van der Waals surface area contributed by atoms with Crippen LogP contribution in [0.15, 0.2) is 22.7 Å². The van der Waals surface area contributed by atoms with Crippen molar-refractivity contribution < 1.29 is 14.2 Å². The molecule has 1 aromatic rings. The Balaban J connectivity index is 2.66. The lowest BCUT2D eigenvalue weighted by molar-refractivity contribution is 0.122. The quantitative estimate of drug-likeness (QED) is 0.890. The number of ether oxygens (including phenoxy) is 1. The fourth-order valence-corrected chi connectivity index (χ4v) is 1.27. The van der Waals surface area contributed by atoms with E-state index < -0.39 is 6.10 Å². The molecule has 0 fully saturated rings.